The average molecular weight is 393 g/mol. The van der Waals surface area contributed by atoms with Crippen molar-refractivity contribution in [1.29, 1.82) is 0 Å². The first-order chi connectivity index (χ1) is 10.7. The van der Waals surface area contributed by atoms with Gasteiger partial charge in [0.2, 0.25) is 0 Å². The van der Waals surface area contributed by atoms with E-state index in [1.807, 2.05) is 62.3 Å². The molecule has 0 aliphatic rings. The first-order valence-corrected chi connectivity index (χ1v) is 12.1. The Bertz CT molecular complexity index is 579. The third kappa shape index (κ3) is 4.74. The van der Waals surface area contributed by atoms with Gasteiger partial charge in [-0.05, 0) is 22.0 Å². The molecule has 0 aliphatic carbocycles. The second-order valence-corrected chi connectivity index (χ2v) is 18.8. The third-order valence-corrected chi connectivity index (χ3v) is 16.1. The van der Waals surface area contributed by atoms with Crippen LogP contribution < -0.4 is 0 Å². The van der Waals surface area contributed by atoms with Crippen LogP contribution in [0, 0.1) is 0 Å². The van der Waals surface area contributed by atoms with Gasteiger partial charge < -0.3 is 4.74 Å². The highest BCUT2D eigenvalue weighted by Gasteiger charge is 2.67. The number of carbonyl (C=O) groups is 1. The Morgan fingerprint density at radius 1 is 1.00 bits per heavy atom. The van der Waals surface area contributed by atoms with Crippen LogP contribution in [0.2, 0.25) is 15.1 Å². The standard InChI is InChI=1S/C18H36O5SSi/c1-13(2)15(19)23-12-14(24(20,21)22)25(16(3,4)5,17(6,7)8)18(9,10)11/h14H,1,12H2,2-11H3,(H,20,21,22). The van der Waals surface area contributed by atoms with Gasteiger partial charge in [0.1, 0.15) is 11.5 Å². The lowest BCUT2D eigenvalue weighted by atomic mass is 10.2. The molecule has 0 bridgehead atoms. The van der Waals surface area contributed by atoms with Gasteiger partial charge in [-0.1, -0.05) is 68.9 Å². The van der Waals surface area contributed by atoms with Crippen LogP contribution >= 0.6 is 0 Å². The molecule has 0 saturated heterocycles. The zero-order valence-electron chi connectivity index (χ0n) is 17.5. The second kappa shape index (κ2) is 7.16. The number of rotatable bonds is 5. The first kappa shape index (κ1) is 24.3. The number of ether oxygens (including phenoxy) is 1. The van der Waals surface area contributed by atoms with E-state index >= 15 is 0 Å². The summed E-state index contributed by atoms with van der Waals surface area (Å²) >= 11 is 0. The summed E-state index contributed by atoms with van der Waals surface area (Å²) in [7, 11) is -7.35. The van der Waals surface area contributed by atoms with E-state index in [0.29, 0.717) is 0 Å². The van der Waals surface area contributed by atoms with Crippen LogP contribution in [0.15, 0.2) is 12.2 Å². The van der Waals surface area contributed by atoms with Gasteiger partial charge >= 0.3 is 5.97 Å². The van der Waals surface area contributed by atoms with Gasteiger partial charge in [0.25, 0.3) is 10.1 Å². The zero-order valence-corrected chi connectivity index (χ0v) is 19.3. The molecule has 5 nitrogen and oxygen atoms in total. The molecule has 0 amide bonds. The molecule has 0 saturated carbocycles. The molecule has 0 fully saturated rings. The van der Waals surface area contributed by atoms with Crippen LogP contribution in [-0.2, 0) is 19.6 Å². The summed E-state index contributed by atoms with van der Waals surface area (Å²) in [5.41, 5.74) is 0.198. The quantitative estimate of drug-likeness (QED) is 0.316. The summed E-state index contributed by atoms with van der Waals surface area (Å²) in [5, 5.41) is -1.13. The largest absolute Gasteiger partial charge is 0.461 e. The molecule has 1 unspecified atom stereocenters. The summed E-state index contributed by atoms with van der Waals surface area (Å²) in [6, 6.07) is 0. The lowest BCUT2D eigenvalue weighted by molar-refractivity contribution is -0.138. The molecule has 1 atom stereocenters. The van der Waals surface area contributed by atoms with Crippen LogP contribution in [0.3, 0.4) is 0 Å². The van der Waals surface area contributed by atoms with Crippen molar-refractivity contribution in [1.82, 2.24) is 0 Å². The maximum Gasteiger partial charge on any atom is 0.333 e. The van der Waals surface area contributed by atoms with E-state index < -0.39 is 29.0 Å². The van der Waals surface area contributed by atoms with E-state index in [2.05, 4.69) is 6.58 Å². The van der Waals surface area contributed by atoms with E-state index in [1.165, 1.54) is 6.92 Å². The van der Waals surface area contributed by atoms with Crippen molar-refractivity contribution < 1.29 is 22.5 Å². The fourth-order valence-electron chi connectivity index (χ4n) is 5.53. The minimum atomic E-state index is -4.44. The van der Waals surface area contributed by atoms with Crippen molar-refractivity contribution in [2.75, 3.05) is 6.61 Å². The van der Waals surface area contributed by atoms with Gasteiger partial charge in [-0.25, -0.2) is 4.79 Å². The summed E-state index contributed by atoms with van der Waals surface area (Å²) in [4.78, 5) is 10.7. The van der Waals surface area contributed by atoms with Gasteiger partial charge in [-0.15, -0.1) is 0 Å². The highest BCUT2D eigenvalue weighted by Crippen LogP contribution is 2.64. The highest BCUT2D eigenvalue weighted by atomic mass is 32.2. The van der Waals surface area contributed by atoms with Crippen LogP contribution in [-0.4, -0.2) is 38.5 Å². The van der Waals surface area contributed by atoms with Crippen LogP contribution in [0.5, 0.6) is 0 Å². The molecule has 7 heteroatoms. The Labute approximate surface area is 155 Å². The molecule has 148 valence electrons. The SMILES string of the molecule is C=C(C)C(=O)OCC([Si](C(C)(C)C)(C(C)(C)C)C(C)(C)C)S(=O)(=O)O. The molecule has 0 spiro atoms. The van der Waals surface area contributed by atoms with Crippen molar-refractivity contribution in [2.24, 2.45) is 0 Å². The Morgan fingerprint density at radius 2 is 1.32 bits per heavy atom. The van der Waals surface area contributed by atoms with E-state index in [9.17, 15) is 17.8 Å². The predicted molar refractivity (Wildman–Crippen MR) is 106 cm³/mol. The smallest absolute Gasteiger partial charge is 0.333 e. The third-order valence-electron chi connectivity index (χ3n) is 5.11. The van der Waals surface area contributed by atoms with Gasteiger partial charge in [0.15, 0.2) is 0 Å². The Hall–Kier alpha value is -0.663. The van der Waals surface area contributed by atoms with Crippen LogP contribution in [0.1, 0.15) is 69.2 Å². The van der Waals surface area contributed by atoms with E-state index in [1.54, 1.807) is 0 Å². The number of esters is 1. The Balaban J connectivity index is 6.70. The van der Waals surface area contributed by atoms with E-state index in [4.69, 9.17) is 4.74 Å². The fourth-order valence-corrected chi connectivity index (χ4v) is 20.7. The lowest BCUT2D eigenvalue weighted by Crippen LogP contribution is -2.69. The lowest BCUT2D eigenvalue weighted by Gasteiger charge is -2.61. The van der Waals surface area contributed by atoms with E-state index in [-0.39, 0.29) is 27.3 Å². The molecule has 1 N–H and O–H groups in total. The molecule has 0 rings (SSSR count). The van der Waals surface area contributed by atoms with Gasteiger partial charge in [-0.2, -0.15) is 8.42 Å². The molecule has 0 heterocycles. The summed E-state index contributed by atoms with van der Waals surface area (Å²) < 4.78 is 40.3. The van der Waals surface area contributed by atoms with Crippen molar-refractivity contribution >= 4 is 24.2 Å². The molecule has 0 aromatic carbocycles. The van der Waals surface area contributed by atoms with Crippen LogP contribution in [0.4, 0.5) is 0 Å². The number of carbonyl (C=O) groups excluding carboxylic acids is 1. The van der Waals surface area contributed by atoms with Crippen molar-refractivity contribution in [3.63, 3.8) is 0 Å². The molecule has 0 aromatic heterocycles. The molecule has 0 radical (unpaired) electrons. The fraction of sp³-hybridized carbons (Fsp3) is 0.833. The Morgan fingerprint density at radius 3 is 1.52 bits per heavy atom. The molecular formula is C18H36O5SSi. The minimum Gasteiger partial charge on any atom is -0.461 e. The molecule has 0 aliphatic heterocycles. The minimum absolute atomic E-state index is 0.198. The highest BCUT2D eigenvalue weighted by molar-refractivity contribution is 7.88. The first-order valence-electron chi connectivity index (χ1n) is 8.50. The van der Waals surface area contributed by atoms with E-state index in [0.717, 1.165) is 0 Å². The normalized spacial score (nSPS) is 15.6. The maximum atomic E-state index is 12.5. The average Bonchev–Trinajstić information content (AvgIpc) is 2.26. The van der Waals surface area contributed by atoms with Gasteiger partial charge in [-0.3, -0.25) is 4.55 Å². The summed E-state index contributed by atoms with van der Waals surface area (Å²) in [6.07, 6.45) is 0. The summed E-state index contributed by atoms with van der Waals surface area (Å²) in [5.74, 6) is -0.645. The predicted octanol–water partition coefficient (Wildman–Crippen LogP) is 4.75. The monoisotopic (exact) mass is 392 g/mol. The number of hydrogen-bond donors (Lipinski definition) is 1. The van der Waals surface area contributed by atoms with Gasteiger partial charge in [0, 0.05) is 5.57 Å². The van der Waals surface area contributed by atoms with Crippen molar-refractivity contribution in [2.45, 2.75) is 89.2 Å². The Kier molecular flexibility index (Phi) is 6.97. The summed E-state index contributed by atoms with van der Waals surface area (Å²) in [6.45, 7) is 22.9. The molecule has 25 heavy (non-hydrogen) atoms. The van der Waals surface area contributed by atoms with Gasteiger partial charge in [0.05, 0.1) is 8.07 Å². The van der Waals surface area contributed by atoms with Crippen molar-refractivity contribution in [3.8, 4) is 0 Å². The number of hydrogen-bond acceptors (Lipinski definition) is 4. The topological polar surface area (TPSA) is 80.7 Å². The molecular weight excluding hydrogens is 356 g/mol. The molecule has 0 aromatic rings. The maximum absolute atomic E-state index is 12.5. The zero-order chi connectivity index (χ0) is 20.6. The van der Waals surface area contributed by atoms with Crippen LogP contribution in [0.25, 0.3) is 0 Å². The second-order valence-electron chi connectivity index (χ2n) is 9.94. The van der Waals surface area contributed by atoms with Crippen molar-refractivity contribution in [3.05, 3.63) is 12.2 Å².